The van der Waals surface area contributed by atoms with Gasteiger partial charge in [-0.2, -0.15) is 0 Å². The number of hydrogen-bond acceptors (Lipinski definition) is 3. The summed E-state index contributed by atoms with van der Waals surface area (Å²) in [5.41, 5.74) is 3.01. The first kappa shape index (κ1) is 15.6. The third-order valence-electron chi connectivity index (χ3n) is 3.99. The zero-order chi connectivity index (χ0) is 17.1. The summed E-state index contributed by atoms with van der Waals surface area (Å²) in [5, 5.41) is 5.06. The molecule has 0 radical (unpaired) electrons. The third-order valence-corrected chi connectivity index (χ3v) is 4.23. The SMILES string of the molecule is Clc1ccc2c(NCc3ccccc3)nc(-c3ccccc3)nc2c1. The first-order valence-corrected chi connectivity index (χ1v) is 8.48. The quantitative estimate of drug-likeness (QED) is 0.526. The van der Waals surface area contributed by atoms with Gasteiger partial charge in [0.1, 0.15) is 5.82 Å². The van der Waals surface area contributed by atoms with E-state index in [-0.39, 0.29) is 0 Å². The van der Waals surface area contributed by atoms with E-state index in [1.54, 1.807) is 0 Å². The minimum atomic E-state index is 0.666. The molecular formula is C21H16ClN3. The molecule has 0 unspecified atom stereocenters. The molecule has 0 aliphatic heterocycles. The number of anilines is 1. The third kappa shape index (κ3) is 3.47. The Hall–Kier alpha value is -2.91. The lowest BCUT2D eigenvalue weighted by atomic mass is 10.1. The van der Waals surface area contributed by atoms with Gasteiger partial charge in [-0.3, -0.25) is 0 Å². The van der Waals surface area contributed by atoms with Gasteiger partial charge in [0.05, 0.1) is 5.52 Å². The van der Waals surface area contributed by atoms with Crippen LogP contribution in [0.2, 0.25) is 5.02 Å². The number of rotatable bonds is 4. The summed E-state index contributed by atoms with van der Waals surface area (Å²) in [5.74, 6) is 1.50. The van der Waals surface area contributed by atoms with Crippen molar-refractivity contribution in [1.82, 2.24) is 9.97 Å². The lowest BCUT2D eigenvalue weighted by Gasteiger charge is -2.11. The Labute approximate surface area is 151 Å². The van der Waals surface area contributed by atoms with Gasteiger partial charge < -0.3 is 5.32 Å². The van der Waals surface area contributed by atoms with Crippen LogP contribution in [0.4, 0.5) is 5.82 Å². The Morgan fingerprint density at radius 1 is 0.800 bits per heavy atom. The number of benzene rings is 3. The van der Waals surface area contributed by atoms with Crippen molar-refractivity contribution in [3.63, 3.8) is 0 Å². The molecule has 25 heavy (non-hydrogen) atoms. The minimum Gasteiger partial charge on any atom is -0.365 e. The van der Waals surface area contributed by atoms with E-state index < -0.39 is 0 Å². The molecule has 0 spiro atoms. The van der Waals surface area contributed by atoms with Crippen molar-refractivity contribution in [3.8, 4) is 11.4 Å². The van der Waals surface area contributed by atoms with Crippen LogP contribution in [0.25, 0.3) is 22.3 Å². The van der Waals surface area contributed by atoms with Gasteiger partial charge in [0, 0.05) is 22.5 Å². The van der Waals surface area contributed by atoms with Gasteiger partial charge in [-0.05, 0) is 23.8 Å². The highest BCUT2D eigenvalue weighted by atomic mass is 35.5. The molecule has 3 nitrogen and oxygen atoms in total. The van der Waals surface area contributed by atoms with E-state index in [2.05, 4.69) is 22.4 Å². The summed E-state index contributed by atoms with van der Waals surface area (Å²) < 4.78 is 0. The van der Waals surface area contributed by atoms with E-state index >= 15 is 0 Å². The summed E-state index contributed by atoms with van der Waals surface area (Å²) in [4.78, 5) is 9.44. The maximum atomic E-state index is 6.16. The highest BCUT2D eigenvalue weighted by Gasteiger charge is 2.10. The van der Waals surface area contributed by atoms with Crippen molar-refractivity contribution in [1.29, 1.82) is 0 Å². The summed E-state index contributed by atoms with van der Waals surface area (Å²) in [6.07, 6.45) is 0. The molecule has 4 rings (SSSR count). The van der Waals surface area contributed by atoms with Crippen molar-refractivity contribution < 1.29 is 0 Å². The van der Waals surface area contributed by atoms with Crippen LogP contribution in [0.3, 0.4) is 0 Å². The molecule has 0 atom stereocenters. The van der Waals surface area contributed by atoms with Gasteiger partial charge in [-0.25, -0.2) is 9.97 Å². The summed E-state index contributed by atoms with van der Waals surface area (Å²) in [6.45, 7) is 0.698. The molecule has 0 amide bonds. The van der Waals surface area contributed by atoms with Crippen LogP contribution >= 0.6 is 11.6 Å². The van der Waals surface area contributed by atoms with E-state index in [1.165, 1.54) is 5.56 Å². The fraction of sp³-hybridized carbons (Fsp3) is 0.0476. The number of halogens is 1. The van der Waals surface area contributed by atoms with Crippen LogP contribution < -0.4 is 5.32 Å². The minimum absolute atomic E-state index is 0.666. The molecule has 0 fully saturated rings. The van der Waals surface area contributed by atoms with Crippen LogP contribution in [0.5, 0.6) is 0 Å². The van der Waals surface area contributed by atoms with E-state index in [4.69, 9.17) is 16.6 Å². The van der Waals surface area contributed by atoms with Gasteiger partial charge in [-0.1, -0.05) is 72.3 Å². The zero-order valence-electron chi connectivity index (χ0n) is 13.5. The van der Waals surface area contributed by atoms with Gasteiger partial charge in [-0.15, -0.1) is 0 Å². The second kappa shape index (κ2) is 6.91. The number of hydrogen-bond donors (Lipinski definition) is 1. The van der Waals surface area contributed by atoms with Crippen LogP contribution in [0, 0.1) is 0 Å². The molecule has 4 aromatic rings. The van der Waals surface area contributed by atoms with Gasteiger partial charge in [0.15, 0.2) is 5.82 Å². The molecule has 0 aliphatic carbocycles. The lowest BCUT2D eigenvalue weighted by molar-refractivity contribution is 1.11. The van der Waals surface area contributed by atoms with E-state index in [0.717, 1.165) is 22.3 Å². The Balaban J connectivity index is 1.78. The molecule has 122 valence electrons. The second-order valence-electron chi connectivity index (χ2n) is 5.76. The molecule has 1 heterocycles. The Bertz CT molecular complexity index is 1000. The largest absolute Gasteiger partial charge is 0.365 e. The molecule has 1 N–H and O–H groups in total. The topological polar surface area (TPSA) is 37.8 Å². The first-order valence-electron chi connectivity index (χ1n) is 8.10. The molecule has 0 saturated heterocycles. The van der Waals surface area contributed by atoms with Crippen molar-refractivity contribution >= 4 is 28.3 Å². The monoisotopic (exact) mass is 345 g/mol. The normalized spacial score (nSPS) is 10.8. The standard InChI is InChI=1S/C21H16ClN3/c22-17-11-12-18-19(13-17)24-20(16-9-5-2-6-10-16)25-21(18)23-14-15-7-3-1-4-8-15/h1-13H,14H2,(H,23,24,25). The highest BCUT2D eigenvalue weighted by Crippen LogP contribution is 2.27. The summed E-state index contributed by atoms with van der Waals surface area (Å²) in [7, 11) is 0. The number of nitrogens with one attached hydrogen (secondary N) is 1. The summed E-state index contributed by atoms with van der Waals surface area (Å²) in [6, 6.07) is 25.9. The van der Waals surface area contributed by atoms with Crippen LogP contribution in [-0.4, -0.2) is 9.97 Å². The smallest absolute Gasteiger partial charge is 0.162 e. The summed E-state index contributed by atoms with van der Waals surface area (Å²) >= 11 is 6.16. The maximum Gasteiger partial charge on any atom is 0.162 e. The second-order valence-corrected chi connectivity index (χ2v) is 6.20. The van der Waals surface area contributed by atoms with Gasteiger partial charge in [0.2, 0.25) is 0 Å². The molecular weight excluding hydrogens is 330 g/mol. The maximum absolute atomic E-state index is 6.16. The molecule has 3 aromatic carbocycles. The highest BCUT2D eigenvalue weighted by molar-refractivity contribution is 6.31. The van der Waals surface area contributed by atoms with E-state index in [9.17, 15) is 0 Å². The molecule has 4 heteroatoms. The van der Waals surface area contributed by atoms with Crippen LogP contribution in [0.15, 0.2) is 78.9 Å². The Morgan fingerprint density at radius 3 is 2.28 bits per heavy atom. The number of aromatic nitrogens is 2. The van der Waals surface area contributed by atoms with Crippen LogP contribution in [0.1, 0.15) is 5.56 Å². The average Bonchev–Trinajstić information content (AvgIpc) is 2.67. The van der Waals surface area contributed by atoms with E-state index in [1.807, 2.05) is 66.7 Å². The zero-order valence-corrected chi connectivity index (χ0v) is 14.2. The Morgan fingerprint density at radius 2 is 1.52 bits per heavy atom. The predicted molar refractivity (Wildman–Crippen MR) is 104 cm³/mol. The van der Waals surface area contributed by atoms with E-state index in [0.29, 0.717) is 17.4 Å². The van der Waals surface area contributed by atoms with Crippen molar-refractivity contribution in [2.45, 2.75) is 6.54 Å². The number of nitrogens with zero attached hydrogens (tertiary/aromatic N) is 2. The predicted octanol–water partition coefficient (Wildman–Crippen LogP) is 5.56. The van der Waals surface area contributed by atoms with Crippen molar-refractivity contribution in [2.24, 2.45) is 0 Å². The molecule has 0 aliphatic rings. The number of fused-ring (bicyclic) bond motifs is 1. The lowest BCUT2D eigenvalue weighted by Crippen LogP contribution is -2.04. The first-order chi connectivity index (χ1) is 12.3. The fourth-order valence-electron chi connectivity index (χ4n) is 2.74. The molecule has 1 aromatic heterocycles. The van der Waals surface area contributed by atoms with Gasteiger partial charge in [0.25, 0.3) is 0 Å². The van der Waals surface area contributed by atoms with Gasteiger partial charge >= 0.3 is 0 Å². The Kier molecular flexibility index (Phi) is 4.32. The van der Waals surface area contributed by atoms with Crippen LogP contribution in [-0.2, 0) is 6.54 Å². The average molecular weight is 346 g/mol. The fourth-order valence-corrected chi connectivity index (χ4v) is 2.90. The van der Waals surface area contributed by atoms with Crippen molar-refractivity contribution in [2.75, 3.05) is 5.32 Å². The molecule has 0 saturated carbocycles. The van der Waals surface area contributed by atoms with Crippen molar-refractivity contribution in [3.05, 3.63) is 89.4 Å². The molecule has 0 bridgehead atoms.